The Balaban J connectivity index is 3.16. The van der Waals surface area contributed by atoms with Crippen molar-refractivity contribution in [1.82, 2.24) is 0 Å². The number of anilines is 2. The molecule has 1 rings (SSSR count). The van der Waals surface area contributed by atoms with E-state index in [9.17, 15) is 9.59 Å². The van der Waals surface area contributed by atoms with Crippen molar-refractivity contribution in [2.24, 2.45) is 23.3 Å². The van der Waals surface area contributed by atoms with Gasteiger partial charge < -0.3 is 11.5 Å². The number of hydrogen-bond acceptors (Lipinski definition) is 2. The number of nitrogens with zero attached hydrogens (tertiary/aromatic N) is 2. The van der Waals surface area contributed by atoms with Crippen molar-refractivity contribution >= 4 is 23.4 Å². The lowest BCUT2D eigenvalue weighted by molar-refractivity contribution is 0.251. The molecule has 0 aliphatic heterocycles. The normalized spacial score (nSPS) is 13.3. The van der Waals surface area contributed by atoms with E-state index in [4.69, 9.17) is 11.5 Å². The highest BCUT2D eigenvalue weighted by molar-refractivity contribution is 5.95. The highest BCUT2D eigenvalue weighted by atomic mass is 16.2. The predicted octanol–water partition coefficient (Wildman–Crippen LogP) is 6.19. The first-order valence-corrected chi connectivity index (χ1v) is 11.7. The van der Waals surface area contributed by atoms with Crippen LogP contribution in [0.3, 0.4) is 0 Å². The van der Waals surface area contributed by atoms with Gasteiger partial charge in [-0.3, -0.25) is 9.80 Å². The molecule has 31 heavy (non-hydrogen) atoms. The van der Waals surface area contributed by atoms with Gasteiger partial charge in [0.2, 0.25) is 0 Å². The Kier molecular flexibility index (Phi) is 10.9. The van der Waals surface area contributed by atoms with Crippen molar-refractivity contribution < 1.29 is 9.59 Å². The van der Waals surface area contributed by atoms with E-state index < -0.39 is 12.1 Å². The maximum atomic E-state index is 12.4. The van der Waals surface area contributed by atoms with Crippen LogP contribution in [0, 0.1) is 18.8 Å². The molecule has 2 atom stereocenters. The molecule has 0 radical (unpaired) electrons. The molecule has 6 heteroatoms. The number of primary amides is 2. The minimum Gasteiger partial charge on any atom is -0.351 e. The maximum Gasteiger partial charge on any atom is 0.319 e. The second-order valence-electron chi connectivity index (χ2n) is 9.73. The summed E-state index contributed by atoms with van der Waals surface area (Å²) in [5.41, 5.74) is 13.9. The molecule has 0 saturated heterocycles. The van der Waals surface area contributed by atoms with E-state index >= 15 is 0 Å². The number of rotatable bonds is 12. The molecule has 0 fully saturated rings. The minimum atomic E-state index is -0.484. The van der Waals surface area contributed by atoms with E-state index in [0.29, 0.717) is 17.5 Å². The third kappa shape index (κ3) is 8.42. The lowest BCUT2D eigenvalue weighted by Crippen LogP contribution is -2.44. The van der Waals surface area contributed by atoms with Crippen LogP contribution in [0.15, 0.2) is 18.2 Å². The standard InChI is InChI=1S/C25H44N4O2/c1-17(2)10-8-12-20(6)28(24(26)30)22-15-14-19(5)23(16-22)29(25(27)31)21(7)13-9-11-18(3)4/h14-18,20-21H,8-13H2,1-7H3,(H2,26,30)(H2,27,31). The molecule has 0 heterocycles. The first kappa shape index (κ1) is 26.8. The average molecular weight is 433 g/mol. The van der Waals surface area contributed by atoms with E-state index in [1.54, 1.807) is 9.80 Å². The van der Waals surface area contributed by atoms with Crippen LogP contribution in [-0.4, -0.2) is 24.1 Å². The molecule has 6 nitrogen and oxygen atoms in total. The molecule has 0 saturated carbocycles. The van der Waals surface area contributed by atoms with Crippen molar-refractivity contribution in [3.8, 4) is 0 Å². The highest BCUT2D eigenvalue weighted by Crippen LogP contribution is 2.31. The summed E-state index contributed by atoms with van der Waals surface area (Å²) in [5.74, 6) is 1.25. The van der Waals surface area contributed by atoms with E-state index in [2.05, 4.69) is 27.7 Å². The molecule has 0 bridgehead atoms. The zero-order chi connectivity index (χ0) is 23.7. The number of nitrogens with two attached hydrogens (primary N) is 2. The van der Waals surface area contributed by atoms with Gasteiger partial charge in [0.15, 0.2) is 0 Å². The lowest BCUT2D eigenvalue weighted by atomic mass is 10.0. The Bertz CT molecular complexity index is 717. The number of carbonyl (C=O) groups is 2. The first-order valence-electron chi connectivity index (χ1n) is 11.7. The molecular weight excluding hydrogens is 388 g/mol. The summed E-state index contributed by atoms with van der Waals surface area (Å²) in [6.45, 7) is 14.8. The highest BCUT2D eigenvalue weighted by Gasteiger charge is 2.25. The molecule has 1 aromatic carbocycles. The number of benzene rings is 1. The third-order valence-corrected chi connectivity index (χ3v) is 5.89. The summed E-state index contributed by atoms with van der Waals surface area (Å²) >= 11 is 0. The zero-order valence-electron chi connectivity index (χ0n) is 20.6. The van der Waals surface area contributed by atoms with E-state index in [-0.39, 0.29) is 12.1 Å². The number of carbonyl (C=O) groups excluding carboxylic acids is 2. The molecule has 1 aromatic rings. The van der Waals surface area contributed by atoms with E-state index in [1.807, 2.05) is 39.0 Å². The van der Waals surface area contributed by atoms with Crippen molar-refractivity contribution in [3.63, 3.8) is 0 Å². The molecule has 0 aliphatic rings. The van der Waals surface area contributed by atoms with Crippen molar-refractivity contribution in [2.75, 3.05) is 9.80 Å². The lowest BCUT2D eigenvalue weighted by Gasteiger charge is -2.32. The predicted molar refractivity (Wildman–Crippen MR) is 132 cm³/mol. The van der Waals surface area contributed by atoms with Crippen molar-refractivity contribution in [3.05, 3.63) is 23.8 Å². The van der Waals surface area contributed by atoms with E-state index in [0.717, 1.165) is 49.8 Å². The molecule has 0 aliphatic carbocycles. The van der Waals surface area contributed by atoms with Gasteiger partial charge in [0.25, 0.3) is 0 Å². The van der Waals surface area contributed by atoms with Crippen LogP contribution in [0.4, 0.5) is 21.0 Å². The monoisotopic (exact) mass is 432 g/mol. The first-order chi connectivity index (χ1) is 14.5. The summed E-state index contributed by atoms with van der Waals surface area (Å²) in [6.07, 6.45) is 6.02. The fourth-order valence-corrected chi connectivity index (χ4v) is 4.08. The Hall–Kier alpha value is -2.24. The van der Waals surface area contributed by atoms with Crippen molar-refractivity contribution in [2.45, 2.75) is 99.1 Å². The Morgan fingerprint density at radius 3 is 1.65 bits per heavy atom. The fourth-order valence-electron chi connectivity index (χ4n) is 4.08. The van der Waals surface area contributed by atoms with Crippen LogP contribution in [-0.2, 0) is 0 Å². The molecule has 2 unspecified atom stereocenters. The third-order valence-electron chi connectivity index (χ3n) is 5.89. The molecule has 4 N–H and O–H groups in total. The fraction of sp³-hybridized carbons (Fsp3) is 0.680. The van der Waals surface area contributed by atoms with Gasteiger partial charge in [-0.1, -0.05) is 59.4 Å². The van der Waals surface area contributed by atoms with Crippen LogP contribution < -0.4 is 21.3 Å². The average Bonchev–Trinajstić information content (AvgIpc) is 2.63. The van der Waals surface area contributed by atoms with Crippen LogP contribution in [0.5, 0.6) is 0 Å². The van der Waals surface area contributed by atoms with Gasteiger partial charge in [0.05, 0.1) is 5.69 Å². The van der Waals surface area contributed by atoms with Gasteiger partial charge in [0, 0.05) is 17.8 Å². The van der Waals surface area contributed by atoms with Crippen LogP contribution in [0.25, 0.3) is 0 Å². The van der Waals surface area contributed by atoms with Crippen LogP contribution in [0.2, 0.25) is 0 Å². The smallest absolute Gasteiger partial charge is 0.319 e. The SMILES string of the molecule is Cc1ccc(N(C(N)=O)C(C)CCCC(C)C)cc1N(C(N)=O)C(C)CCCC(C)C. The molecule has 0 spiro atoms. The van der Waals surface area contributed by atoms with Gasteiger partial charge in [-0.2, -0.15) is 0 Å². The second-order valence-corrected chi connectivity index (χ2v) is 9.73. The van der Waals surface area contributed by atoms with Crippen LogP contribution >= 0.6 is 0 Å². The second kappa shape index (κ2) is 12.6. The number of amides is 4. The van der Waals surface area contributed by atoms with E-state index in [1.165, 1.54) is 0 Å². The molecule has 4 amide bonds. The minimum absolute atomic E-state index is 0.0303. The summed E-state index contributed by atoms with van der Waals surface area (Å²) in [4.78, 5) is 28.0. The number of urea groups is 2. The Labute approximate surface area is 189 Å². The number of aryl methyl sites for hydroxylation is 1. The zero-order valence-corrected chi connectivity index (χ0v) is 20.6. The van der Waals surface area contributed by atoms with Gasteiger partial charge in [-0.15, -0.1) is 0 Å². The summed E-state index contributed by atoms with van der Waals surface area (Å²) in [6, 6.07) is 4.68. The van der Waals surface area contributed by atoms with Crippen molar-refractivity contribution in [1.29, 1.82) is 0 Å². The Morgan fingerprint density at radius 2 is 1.23 bits per heavy atom. The summed E-state index contributed by atoms with van der Waals surface area (Å²) in [5, 5.41) is 0. The summed E-state index contributed by atoms with van der Waals surface area (Å²) in [7, 11) is 0. The van der Waals surface area contributed by atoms with Gasteiger partial charge in [0.1, 0.15) is 0 Å². The van der Waals surface area contributed by atoms with Gasteiger partial charge in [-0.05, 0) is 63.1 Å². The molecular formula is C25H44N4O2. The maximum absolute atomic E-state index is 12.4. The topological polar surface area (TPSA) is 92.7 Å². The largest absolute Gasteiger partial charge is 0.351 e. The van der Waals surface area contributed by atoms with Gasteiger partial charge in [-0.25, -0.2) is 9.59 Å². The quantitative estimate of drug-likeness (QED) is 0.412. The number of hydrogen-bond donors (Lipinski definition) is 2. The molecule has 176 valence electrons. The van der Waals surface area contributed by atoms with Crippen LogP contribution in [0.1, 0.15) is 85.6 Å². The van der Waals surface area contributed by atoms with Gasteiger partial charge >= 0.3 is 12.1 Å². The Morgan fingerprint density at radius 1 is 0.774 bits per heavy atom. The molecule has 0 aromatic heterocycles. The summed E-state index contributed by atoms with van der Waals surface area (Å²) < 4.78 is 0.